The summed E-state index contributed by atoms with van der Waals surface area (Å²) < 4.78 is 5.35. The molecule has 1 heterocycles. The summed E-state index contributed by atoms with van der Waals surface area (Å²) in [5, 5.41) is 0. The molecule has 0 radical (unpaired) electrons. The van der Waals surface area contributed by atoms with Crippen molar-refractivity contribution in [3.05, 3.63) is 66.0 Å². The minimum Gasteiger partial charge on any atom is -0.496 e. The second-order valence-electron chi connectivity index (χ2n) is 4.50. The summed E-state index contributed by atoms with van der Waals surface area (Å²) >= 11 is 0. The monoisotopic (exact) mass is 265 g/mol. The van der Waals surface area contributed by atoms with Gasteiger partial charge in [0.2, 0.25) is 0 Å². The number of nitrogens with zero attached hydrogens (tertiary/aromatic N) is 2. The van der Waals surface area contributed by atoms with Crippen molar-refractivity contribution in [2.45, 2.75) is 6.04 Å². The second-order valence-corrected chi connectivity index (χ2v) is 4.50. The smallest absolute Gasteiger partial charge is 0.124 e. The molecule has 0 aliphatic heterocycles. The molecule has 3 rings (SSSR count). The van der Waals surface area contributed by atoms with Gasteiger partial charge in [-0.2, -0.15) is 0 Å². The van der Waals surface area contributed by atoms with E-state index in [-0.39, 0.29) is 6.04 Å². The van der Waals surface area contributed by atoms with E-state index in [0.717, 1.165) is 28.0 Å². The van der Waals surface area contributed by atoms with Gasteiger partial charge in [0, 0.05) is 5.56 Å². The maximum absolute atomic E-state index is 6.30. The van der Waals surface area contributed by atoms with Gasteiger partial charge in [0.25, 0.3) is 0 Å². The van der Waals surface area contributed by atoms with Gasteiger partial charge < -0.3 is 10.5 Å². The molecular weight excluding hydrogens is 250 g/mol. The lowest BCUT2D eigenvalue weighted by Gasteiger charge is -2.15. The first-order chi connectivity index (χ1) is 9.79. The Morgan fingerprint density at radius 1 is 1.00 bits per heavy atom. The average molecular weight is 265 g/mol. The minimum absolute atomic E-state index is 0.358. The molecule has 4 heteroatoms. The number of para-hydroxylation sites is 3. The van der Waals surface area contributed by atoms with Crippen molar-refractivity contribution in [1.82, 2.24) is 9.97 Å². The number of methoxy groups -OCH3 is 1. The summed E-state index contributed by atoms with van der Waals surface area (Å²) in [7, 11) is 1.64. The van der Waals surface area contributed by atoms with E-state index in [1.54, 1.807) is 13.3 Å². The molecule has 4 nitrogen and oxygen atoms in total. The minimum atomic E-state index is -0.358. The summed E-state index contributed by atoms with van der Waals surface area (Å²) in [6.07, 6.45) is 1.72. The van der Waals surface area contributed by atoms with Crippen LogP contribution in [0.25, 0.3) is 11.0 Å². The van der Waals surface area contributed by atoms with E-state index >= 15 is 0 Å². The summed E-state index contributed by atoms with van der Waals surface area (Å²) in [4.78, 5) is 8.98. The highest BCUT2D eigenvalue weighted by molar-refractivity contribution is 5.73. The number of nitrogens with two attached hydrogens (primary N) is 1. The highest BCUT2D eigenvalue weighted by Gasteiger charge is 2.15. The lowest BCUT2D eigenvalue weighted by Crippen LogP contribution is -2.15. The molecule has 0 fully saturated rings. The van der Waals surface area contributed by atoms with E-state index in [4.69, 9.17) is 10.5 Å². The van der Waals surface area contributed by atoms with Gasteiger partial charge in [-0.05, 0) is 18.2 Å². The maximum Gasteiger partial charge on any atom is 0.124 e. The molecule has 0 bridgehead atoms. The van der Waals surface area contributed by atoms with E-state index in [1.165, 1.54) is 0 Å². The Hall–Kier alpha value is -2.46. The van der Waals surface area contributed by atoms with Crippen LogP contribution in [0.1, 0.15) is 17.3 Å². The Balaban J connectivity index is 2.05. The molecule has 0 spiro atoms. The molecule has 3 aromatic rings. The summed E-state index contributed by atoms with van der Waals surface area (Å²) in [6, 6.07) is 15.1. The van der Waals surface area contributed by atoms with Gasteiger partial charge in [-0.1, -0.05) is 30.3 Å². The number of rotatable bonds is 3. The average Bonchev–Trinajstić information content (AvgIpc) is 2.53. The zero-order chi connectivity index (χ0) is 13.9. The Labute approximate surface area is 117 Å². The van der Waals surface area contributed by atoms with Gasteiger partial charge in [0.05, 0.1) is 36.1 Å². The quantitative estimate of drug-likeness (QED) is 0.791. The van der Waals surface area contributed by atoms with Gasteiger partial charge in [-0.3, -0.25) is 4.98 Å². The van der Waals surface area contributed by atoms with Crippen LogP contribution in [0.3, 0.4) is 0 Å². The Kier molecular flexibility index (Phi) is 3.31. The van der Waals surface area contributed by atoms with E-state index in [0.29, 0.717) is 0 Å². The first kappa shape index (κ1) is 12.6. The number of fused-ring (bicyclic) bond motifs is 1. The van der Waals surface area contributed by atoms with Crippen LogP contribution < -0.4 is 10.5 Å². The van der Waals surface area contributed by atoms with E-state index in [9.17, 15) is 0 Å². The van der Waals surface area contributed by atoms with Crippen LogP contribution >= 0.6 is 0 Å². The van der Waals surface area contributed by atoms with Crippen LogP contribution in [0.4, 0.5) is 0 Å². The molecule has 1 unspecified atom stereocenters. The first-order valence-electron chi connectivity index (χ1n) is 6.40. The maximum atomic E-state index is 6.30. The predicted molar refractivity (Wildman–Crippen MR) is 78.6 cm³/mol. The van der Waals surface area contributed by atoms with Crippen LogP contribution in [0, 0.1) is 0 Å². The molecule has 20 heavy (non-hydrogen) atoms. The van der Waals surface area contributed by atoms with Crippen LogP contribution in [0.2, 0.25) is 0 Å². The molecule has 2 aromatic carbocycles. The number of hydrogen-bond donors (Lipinski definition) is 1. The standard InChI is InChI=1S/C16H15N3O/c1-20-15-9-5-2-6-11(15)16(17)14-10-18-12-7-3-4-8-13(12)19-14/h2-10,16H,17H2,1H3. The lowest BCUT2D eigenvalue weighted by molar-refractivity contribution is 0.407. The molecule has 0 aliphatic carbocycles. The van der Waals surface area contributed by atoms with Gasteiger partial charge in [-0.25, -0.2) is 4.98 Å². The number of aromatic nitrogens is 2. The van der Waals surface area contributed by atoms with Crippen molar-refractivity contribution >= 4 is 11.0 Å². The highest BCUT2D eigenvalue weighted by Crippen LogP contribution is 2.27. The van der Waals surface area contributed by atoms with Crippen molar-refractivity contribution in [2.24, 2.45) is 5.73 Å². The van der Waals surface area contributed by atoms with Crippen LogP contribution in [-0.2, 0) is 0 Å². The Bertz CT molecular complexity index is 742. The van der Waals surface area contributed by atoms with Crippen molar-refractivity contribution in [3.63, 3.8) is 0 Å². The van der Waals surface area contributed by atoms with Gasteiger partial charge in [0.15, 0.2) is 0 Å². The van der Waals surface area contributed by atoms with Crippen molar-refractivity contribution in [3.8, 4) is 5.75 Å². The lowest BCUT2D eigenvalue weighted by atomic mass is 10.0. The predicted octanol–water partition coefficient (Wildman–Crippen LogP) is 2.69. The fraction of sp³-hybridized carbons (Fsp3) is 0.125. The topological polar surface area (TPSA) is 61.0 Å². The molecule has 1 atom stereocenters. The molecular formula is C16H15N3O. The molecule has 100 valence electrons. The van der Waals surface area contributed by atoms with Crippen LogP contribution in [0.5, 0.6) is 5.75 Å². The SMILES string of the molecule is COc1ccccc1C(N)c1cnc2ccccc2n1. The number of benzene rings is 2. The van der Waals surface area contributed by atoms with Gasteiger partial charge in [-0.15, -0.1) is 0 Å². The third-order valence-electron chi connectivity index (χ3n) is 3.26. The molecule has 0 saturated heterocycles. The second kappa shape index (κ2) is 5.27. The van der Waals surface area contributed by atoms with Crippen molar-refractivity contribution in [1.29, 1.82) is 0 Å². The van der Waals surface area contributed by atoms with Gasteiger partial charge >= 0.3 is 0 Å². The molecule has 2 N–H and O–H groups in total. The fourth-order valence-corrected chi connectivity index (χ4v) is 2.20. The largest absolute Gasteiger partial charge is 0.496 e. The zero-order valence-electron chi connectivity index (χ0n) is 11.2. The number of ether oxygens (including phenoxy) is 1. The van der Waals surface area contributed by atoms with Crippen LogP contribution in [-0.4, -0.2) is 17.1 Å². The third-order valence-corrected chi connectivity index (χ3v) is 3.26. The van der Waals surface area contributed by atoms with Crippen molar-refractivity contribution in [2.75, 3.05) is 7.11 Å². The molecule has 0 amide bonds. The summed E-state index contributed by atoms with van der Waals surface area (Å²) in [5.74, 6) is 0.759. The third kappa shape index (κ3) is 2.21. The van der Waals surface area contributed by atoms with Crippen LogP contribution in [0.15, 0.2) is 54.7 Å². The molecule has 0 saturated carbocycles. The Morgan fingerprint density at radius 2 is 1.70 bits per heavy atom. The fourth-order valence-electron chi connectivity index (χ4n) is 2.20. The zero-order valence-corrected chi connectivity index (χ0v) is 11.2. The Morgan fingerprint density at radius 3 is 2.50 bits per heavy atom. The number of hydrogen-bond acceptors (Lipinski definition) is 4. The first-order valence-corrected chi connectivity index (χ1v) is 6.40. The van der Waals surface area contributed by atoms with E-state index in [1.807, 2.05) is 48.5 Å². The van der Waals surface area contributed by atoms with Crippen molar-refractivity contribution < 1.29 is 4.74 Å². The summed E-state index contributed by atoms with van der Waals surface area (Å²) in [6.45, 7) is 0. The molecule has 0 aliphatic rings. The molecule has 1 aromatic heterocycles. The van der Waals surface area contributed by atoms with Gasteiger partial charge in [0.1, 0.15) is 5.75 Å². The van der Waals surface area contributed by atoms with E-state index in [2.05, 4.69) is 9.97 Å². The normalized spacial score (nSPS) is 12.3. The highest BCUT2D eigenvalue weighted by atomic mass is 16.5. The summed E-state index contributed by atoms with van der Waals surface area (Å²) in [5.41, 5.74) is 9.64. The van der Waals surface area contributed by atoms with E-state index < -0.39 is 0 Å².